The summed E-state index contributed by atoms with van der Waals surface area (Å²) < 4.78 is 0. The van der Waals surface area contributed by atoms with Gasteiger partial charge in [-0.05, 0) is 55.5 Å². The van der Waals surface area contributed by atoms with Gasteiger partial charge in [0, 0.05) is 10.6 Å². The number of thioether (sulfide) groups is 2. The molecule has 0 aliphatic carbocycles. The van der Waals surface area contributed by atoms with E-state index in [1.807, 2.05) is 61.5 Å². The Morgan fingerprint density at radius 1 is 1.03 bits per heavy atom. The number of Topliss-reactive ketones (excluding diaryl/α,β-unsaturated/α-hetero) is 1. The number of hydrogen-bond acceptors (Lipinski definition) is 5. The maximum Gasteiger partial charge on any atom is 0.243 e. The van der Waals surface area contributed by atoms with Crippen molar-refractivity contribution in [2.24, 2.45) is 9.98 Å². The van der Waals surface area contributed by atoms with Crippen LogP contribution in [0.1, 0.15) is 15.9 Å². The van der Waals surface area contributed by atoms with Crippen LogP contribution in [0.15, 0.2) is 88.8 Å². The smallest absolute Gasteiger partial charge is 0.243 e. The number of ketones is 1. The van der Waals surface area contributed by atoms with Crippen molar-refractivity contribution in [1.29, 1.82) is 0 Å². The number of amidine groups is 2. The molecule has 0 bridgehead atoms. The van der Waals surface area contributed by atoms with Crippen LogP contribution in [-0.4, -0.2) is 33.5 Å². The maximum atomic E-state index is 12.7. The van der Waals surface area contributed by atoms with Crippen LogP contribution < -0.4 is 4.90 Å². The molecular weight excluding hydrogens is 474 g/mol. The number of nitrogens with zero attached hydrogens (tertiary/aromatic N) is 3. The molecule has 166 valence electrons. The minimum absolute atomic E-state index is 0.0381. The van der Waals surface area contributed by atoms with E-state index in [1.54, 1.807) is 29.2 Å². The van der Waals surface area contributed by atoms with Crippen molar-refractivity contribution in [1.82, 2.24) is 0 Å². The number of benzene rings is 3. The molecule has 1 aliphatic heterocycles. The Balaban J connectivity index is 1.61. The van der Waals surface area contributed by atoms with E-state index in [1.165, 1.54) is 23.5 Å². The zero-order chi connectivity index (χ0) is 23.2. The van der Waals surface area contributed by atoms with Crippen molar-refractivity contribution in [2.75, 3.05) is 16.4 Å². The molecule has 1 aliphatic rings. The first-order chi connectivity index (χ1) is 16.0. The van der Waals surface area contributed by atoms with Crippen LogP contribution in [0.4, 0.5) is 11.4 Å². The Hall–Kier alpha value is -2.87. The third-order valence-electron chi connectivity index (χ3n) is 4.73. The van der Waals surface area contributed by atoms with E-state index in [2.05, 4.69) is 4.99 Å². The monoisotopic (exact) mass is 493 g/mol. The van der Waals surface area contributed by atoms with Gasteiger partial charge >= 0.3 is 0 Å². The third-order valence-corrected chi connectivity index (χ3v) is 6.75. The fraction of sp³-hybridized carbons (Fsp3) is 0.120. The topological polar surface area (TPSA) is 62.1 Å². The van der Waals surface area contributed by atoms with Crippen molar-refractivity contribution >= 4 is 68.5 Å². The summed E-state index contributed by atoms with van der Waals surface area (Å²) in [5.74, 6) is 0.375. The lowest BCUT2D eigenvalue weighted by molar-refractivity contribution is -0.115. The number of halogens is 1. The van der Waals surface area contributed by atoms with Gasteiger partial charge in [0.25, 0.3) is 0 Å². The molecule has 1 amide bonds. The highest BCUT2D eigenvalue weighted by Gasteiger charge is 2.30. The second-order valence-electron chi connectivity index (χ2n) is 7.20. The fourth-order valence-corrected chi connectivity index (χ4v) is 4.83. The largest absolute Gasteiger partial charge is 0.293 e. The molecular formula is C25H20ClN3O2S2. The van der Waals surface area contributed by atoms with Gasteiger partial charge in [-0.15, -0.1) is 0 Å². The predicted molar refractivity (Wildman–Crippen MR) is 140 cm³/mol. The Bertz CT molecular complexity index is 1210. The molecule has 33 heavy (non-hydrogen) atoms. The van der Waals surface area contributed by atoms with E-state index in [-0.39, 0.29) is 17.4 Å². The Labute approximate surface area is 206 Å². The van der Waals surface area contributed by atoms with Gasteiger partial charge in [0.05, 0.1) is 22.9 Å². The number of aliphatic imine (C=N–C) groups is 2. The molecule has 5 nitrogen and oxygen atoms in total. The summed E-state index contributed by atoms with van der Waals surface area (Å²) in [7, 11) is 0. The van der Waals surface area contributed by atoms with Gasteiger partial charge in [-0.2, -0.15) is 4.99 Å². The lowest BCUT2D eigenvalue weighted by atomic mass is 10.1. The van der Waals surface area contributed by atoms with E-state index in [0.717, 1.165) is 16.9 Å². The first-order valence-corrected chi connectivity index (χ1v) is 12.5. The lowest BCUT2D eigenvalue weighted by Gasteiger charge is -2.16. The van der Waals surface area contributed by atoms with Crippen molar-refractivity contribution in [2.45, 2.75) is 6.92 Å². The van der Waals surface area contributed by atoms with Gasteiger partial charge in [0.2, 0.25) is 5.91 Å². The maximum absolute atomic E-state index is 12.7. The number of amides is 1. The number of hydrogen-bond donors (Lipinski definition) is 0. The minimum Gasteiger partial charge on any atom is -0.293 e. The van der Waals surface area contributed by atoms with Crippen molar-refractivity contribution in [3.05, 3.63) is 95.0 Å². The molecule has 3 aromatic carbocycles. The number of para-hydroxylation sites is 1. The fourth-order valence-electron chi connectivity index (χ4n) is 3.03. The molecule has 1 heterocycles. The van der Waals surface area contributed by atoms with Crippen LogP contribution in [0.3, 0.4) is 0 Å². The highest BCUT2D eigenvalue weighted by molar-refractivity contribution is 8.16. The molecule has 4 rings (SSSR count). The van der Waals surface area contributed by atoms with Crippen LogP contribution in [0.2, 0.25) is 5.02 Å². The number of carbonyl (C=O) groups excluding carboxylic acids is 2. The molecule has 0 saturated carbocycles. The highest BCUT2D eigenvalue weighted by atomic mass is 35.5. The Morgan fingerprint density at radius 2 is 1.73 bits per heavy atom. The van der Waals surface area contributed by atoms with Crippen LogP contribution in [0, 0.1) is 6.92 Å². The summed E-state index contributed by atoms with van der Waals surface area (Å²) in [5.41, 5.74) is 3.17. The third kappa shape index (κ3) is 6.13. The van der Waals surface area contributed by atoms with Crippen molar-refractivity contribution in [3.63, 3.8) is 0 Å². The average Bonchev–Trinajstić information content (AvgIpc) is 3.18. The zero-order valence-electron chi connectivity index (χ0n) is 17.8. The van der Waals surface area contributed by atoms with Crippen LogP contribution in [0.5, 0.6) is 0 Å². The molecule has 8 heteroatoms. The van der Waals surface area contributed by atoms with Gasteiger partial charge in [0.1, 0.15) is 0 Å². The first kappa shape index (κ1) is 23.3. The van der Waals surface area contributed by atoms with Crippen molar-refractivity contribution in [3.8, 4) is 0 Å². The second-order valence-corrected chi connectivity index (χ2v) is 9.52. The summed E-state index contributed by atoms with van der Waals surface area (Å²) in [5, 5.41) is 1.54. The number of rotatable bonds is 5. The molecule has 0 aromatic heterocycles. The summed E-state index contributed by atoms with van der Waals surface area (Å²) in [6.45, 7) is 2.00. The summed E-state index contributed by atoms with van der Waals surface area (Å²) in [6.07, 6.45) is 0. The van der Waals surface area contributed by atoms with Crippen LogP contribution >= 0.6 is 35.1 Å². The van der Waals surface area contributed by atoms with Gasteiger partial charge in [-0.25, -0.2) is 4.99 Å². The molecule has 0 radical (unpaired) electrons. The normalized spacial score (nSPS) is 15.3. The van der Waals surface area contributed by atoms with E-state index < -0.39 is 0 Å². The second kappa shape index (κ2) is 10.8. The zero-order valence-corrected chi connectivity index (χ0v) is 20.2. The van der Waals surface area contributed by atoms with Gasteiger partial charge < -0.3 is 0 Å². The SMILES string of the molecule is Cc1ccc(N2C(=O)CSC2=NC(=Nc2ccccc2)SCC(=O)c2ccc(Cl)cc2)cc1. The number of carbonyl (C=O) groups is 2. The van der Waals surface area contributed by atoms with Gasteiger partial charge in [-0.3, -0.25) is 14.5 Å². The predicted octanol–water partition coefficient (Wildman–Crippen LogP) is 6.39. The molecule has 1 fully saturated rings. The Morgan fingerprint density at radius 3 is 2.42 bits per heavy atom. The summed E-state index contributed by atoms with van der Waals surface area (Å²) in [4.78, 5) is 36.2. The average molecular weight is 494 g/mol. The van der Waals surface area contributed by atoms with E-state index in [4.69, 9.17) is 16.6 Å². The molecule has 1 saturated heterocycles. The molecule has 3 aromatic rings. The highest BCUT2D eigenvalue weighted by Crippen LogP contribution is 2.28. The van der Waals surface area contributed by atoms with Crippen LogP contribution in [0.25, 0.3) is 0 Å². The van der Waals surface area contributed by atoms with E-state index >= 15 is 0 Å². The molecule has 0 spiro atoms. The van der Waals surface area contributed by atoms with Gasteiger partial charge in [-0.1, -0.05) is 71.0 Å². The molecule has 0 unspecified atom stereocenters. The molecule has 0 N–H and O–H groups in total. The van der Waals surface area contributed by atoms with Crippen LogP contribution in [-0.2, 0) is 4.79 Å². The minimum atomic E-state index is -0.0526. The van der Waals surface area contributed by atoms with E-state index in [0.29, 0.717) is 26.7 Å². The quantitative estimate of drug-likeness (QED) is 0.235. The standard InChI is InChI=1S/C25H20ClN3O2S2/c1-17-7-13-21(14-8-17)29-23(31)16-33-25(29)28-24(27-20-5-3-2-4-6-20)32-15-22(30)18-9-11-19(26)12-10-18/h2-14H,15-16H2,1H3. The summed E-state index contributed by atoms with van der Waals surface area (Å²) in [6, 6.07) is 23.9. The lowest BCUT2D eigenvalue weighted by Crippen LogP contribution is -2.29. The molecule has 0 atom stereocenters. The number of anilines is 1. The van der Waals surface area contributed by atoms with Gasteiger partial charge in [0.15, 0.2) is 16.1 Å². The van der Waals surface area contributed by atoms with Crippen molar-refractivity contribution < 1.29 is 9.59 Å². The Kier molecular flexibility index (Phi) is 7.65. The summed E-state index contributed by atoms with van der Waals surface area (Å²) >= 11 is 8.53. The van der Waals surface area contributed by atoms with E-state index in [9.17, 15) is 9.59 Å². The number of aryl methyl sites for hydroxylation is 1. The first-order valence-electron chi connectivity index (χ1n) is 10.2.